The smallest absolute Gasteiger partial charge is 0.309 e. The van der Waals surface area contributed by atoms with Crippen molar-refractivity contribution in [3.05, 3.63) is 0 Å². The molecule has 0 saturated carbocycles. The summed E-state index contributed by atoms with van der Waals surface area (Å²) in [6.07, 6.45) is 2.25. The van der Waals surface area contributed by atoms with Crippen molar-refractivity contribution in [3.63, 3.8) is 0 Å². The third-order valence-corrected chi connectivity index (χ3v) is 3.33. The Labute approximate surface area is 95.6 Å². The van der Waals surface area contributed by atoms with Gasteiger partial charge in [-0.2, -0.15) is 0 Å². The number of likely N-dealkylation sites (tertiary alicyclic amines) is 1. The minimum absolute atomic E-state index is 0.0953. The van der Waals surface area contributed by atoms with Crippen LogP contribution in [0.4, 0.5) is 0 Å². The number of carbonyl (C=O) groups is 2. The van der Waals surface area contributed by atoms with E-state index in [0.717, 1.165) is 0 Å². The van der Waals surface area contributed by atoms with E-state index in [1.807, 2.05) is 0 Å². The van der Waals surface area contributed by atoms with Crippen LogP contribution in [0, 0.1) is 5.41 Å². The SMILES string of the molecule is CC1(C(=O)O)CCN(C(=O)CCCN)CC1. The first-order valence-corrected chi connectivity index (χ1v) is 5.71. The molecule has 0 atom stereocenters. The Kier molecular flexibility index (Phi) is 4.29. The van der Waals surface area contributed by atoms with Crippen molar-refractivity contribution in [2.75, 3.05) is 19.6 Å². The molecular formula is C11H20N2O3. The molecule has 0 aliphatic carbocycles. The topological polar surface area (TPSA) is 83.6 Å². The Morgan fingerprint density at radius 1 is 1.38 bits per heavy atom. The average molecular weight is 228 g/mol. The lowest BCUT2D eigenvalue weighted by Crippen LogP contribution is -2.45. The largest absolute Gasteiger partial charge is 0.481 e. The molecule has 0 bridgehead atoms. The highest BCUT2D eigenvalue weighted by Crippen LogP contribution is 2.31. The molecule has 1 amide bonds. The monoisotopic (exact) mass is 228 g/mol. The Morgan fingerprint density at radius 2 is 1.94 bits per heavy atom. The lowest BCUT2D eigenvalue weighted by molar-refractivity contribution is -0.153. The maximum absolute atomic E-state index is 11.7. The second kappa shape index (κ2) is 5.30. The quantitative estimate of drug-likeness (QED) is 0.731. The number of hydrogen-bond donors (Lipinski definition) is 2. The average Bonchev–Trinajstić information content (AvgIpc) is 2.26. The second-order valence-corrected chi connectivity index (χ2v) is 4.64. The van der Waals surface area contributed by atoms with E-state index in [-0.39, 0.29) is 5.91 Å². The third kappa shape index (κ3) is 2.95. The Hall–Kier alpha value is -1.10. The fraction of sp³-hybridized carbons (Fsp3) is 0.818. The van der Waals surface area contributed by atoms with E-state index in [9.17, 15) is 9.59 Å². The van der Waals surface area contributed by atoms with Crippen LogP contribution in [0.3, 0.4) is 0 Å². The van der Waals surface area contributed by atoms with Crippen LogP contribution in [0.2, 0.25) is 0 Å². The molecule has 5 nitrogen and oxygen atoms in total. The second-order valence-electron chi connectivity index (χ2n) is 4.64. The van der Waals surface area contributed by atoms with Crippen LogP contribution in [0.5, 0.6) is 0 Å². The number of carboxylic acid groups (broad SMARTS) is 1. The number of nitrogens with zero attached hydrogens (tertiary/aromatic N) is 1. The molecule has 0 aromatic rings. The standard InChI is InChI=1S/C11H20N2O3/c1-11(10(15)16)4-7-13(8-5-11)9(14)3-2-6-12/h2-8,12H2,1H3,(H,15,16). The lowest BCUT2D eigenvalue weighted by atomic mass is 9.80. The number of rotatable bonds is 4. The van der Waals surface area contributed by atoms with E-state index in [0.29, 0.717) is 45.3 Å². The summed E-state index contributed by atoms with van der Waals surface area (Å²) in [5.74, 6) is -0.667. The van der Waals surface area contributed by atoms with E-state index in [1.165, 1.54) is 0 Å². The van der Waals surface area contributed by atoms with Crippen molar-refractivity contribution in [1.82, 2.24) is 4.90 Å². The maximum atomic E-state index is 11.7. The van der Waals surface area contributed by atoms with Crippen LogP contribution in [-0.2, 0) is 9.59 Å². The van der Waals surface area contributed by atoms with E-state index >= 15 is 0 Å². The van der Waals surface area contributed by atoms with Gasteiger partial charge in [0.25, 0.3) is 0 Å². The molecule has 92 valence electrons. The number of piperidine rings is 1. The molecule has 1 fully saturated rings. The van der Waals surface area contributed by atoms with E-state index in [4.69, 9.17) is 10.8 Å². The van der Waals surface area contributed by atoms with E-state index in [2.05, 4.69) is 0 Å². The molecular weight excluding hydrogens is 208 g/mol. The van der Waals surface area contributed by atoms with Gasteiger partial charge in [-0.3, -0.25) is 9.59 Å². The van der Waals surface area contributed by atoms with Crippen LogP contribution in [0.15, 0.2) is 0 Å². The summed E-state index contributed by atoms with van der Waals surface area (Å²) in [7, 11) is 0. The summed E-state index contributed by atoms with van der Waals surface area (Å²) < 4.78 is 0. The van der Waals surface area contributed by atoms with Crippen molar-refractivity contribution in [2.45, 2.75) is 32.6 Å². The van der Waals surface area contributed by atoms with Gasteiger partial charge in [0.2, 0.25) is 5.91 Å². The van der Waals surface area contributed by atoms with Crippen LogP contribution >= 0.6 is 0 Å². The van der Waals surface area contributed by atoms with E-state index in [1.54, 1.807) is 11.8 Å². The minimum Gasteiger partial charge on any atom is -0.481 e. The molecule has 1 aliphatic heterocycles. The zero-order chi connectivity index (χ0) is 12.2. The summed E-state index contributed by atoms with van der Waals surface area (Å²) >= 11 is 0. The molecule has 0 unspecified atom stereocenters. The first-order valence-electron chi connectivity index (χ1n) is 5.71. The highest BCUT2D eigenvalue weighted by Gasteiger charge is 2.37. The van der Waals surface area contributed by atoms with Gasteiger partial charge < -0.3 is 15.7 Å². The van der Waals surface area contributed by atoms with Crippen LogP contribution < -0.4 is 5.73 Å². The summed E-state index contributed by atoms with van der Waals surface area (Å²) in [4.78, 5) is 24.4. The van der Waals surface area contributed by atoms with Crippen molar-refractivity contribution in [1.29, 1.82) is 0 Å². The van der Waals surface area contributed by atoms with Crippen LogP contribution in [-0.4, -0.2) is 41.5 Å². The molecule has 0 aromatic heterocycles. The zero-order valence-electron chi connectivity index (χ0n) is 9.74. The molecule has 1 aliphatic rings. The number of amides is 1. The number of hydrogen-bond acceptors (Lipinski definition) is 3. The van der Waals surface area contributed by atoms with Crippen molar-refractivity contribution in [3.8, 4) is 0 Å². The zero-order valence-corrected chi connectivity index (χ0v) is 9.74. The van der Waals surface area contributed by atoms with Crippen molar-refractivity contribution in [2.24, 2.45) is 11.1 Å². The van der Waals surface area contributed by atoms with Crippen molar-refractivity contribution >= 4 is 11.9 Å². The fourth-order valence-corrected chi connectivity index (χ4v) is 1.87. The molecule has 0 spiro atoms. The summed E-state index contributed by atoms with van der Waals surface area (Å²) in [5, 5.41) is 9.04. The van der Waals surface area contributed by atoms with Gasteiger partial charge in [-0.15, -0.1) is 0 Å². The van der Waals surface area contributed by atoms with Gasteiger partial charge in [0.05, 0.1) is 5.41 Å². The lowest BCUT2D eigenvalue weighted by Gasteiger charge is -2.36. The molecule has 16 heavy (non-hydrogen) atoms. The predicted octanol–water partition coefficient (Wildman–Crippen LogP) is 0.439. The van der Waals surface area contributed by atoms with Gasteiger partial charge in [-0.1, -0.05) is 0 Å². The summed E-state index contributed by atoms with van der Waals surface area (Å²) in [5.41, 5.74) is 4.68. The Bertz CT molecular complexity index is 270. The number of carbonyl (C=O) groups excluding carboxylic acids is 1. The minimum atomic E-state index is -0.762. The molecule has 3 N–H and O–H groups in total. The summed E-state index contributed by atoms with van der Waals surface area (Å²) in [6.45, 7) is 3.36. The number of nitrogens with two attached hydrogens (primary N) is 1. The first-order chi connectivity index (χ1) is 7.49. The van der Waals surface area contributed by atoms with Crippen LogP contribution in [0.25, 0.3) is 0 Å². The normalized spacial score (nSPS) is 19.5. The Balaban J connectivity index is 2.42. The highest BCUT2D eigenvalue weighted by atomic mass is 16.4. The van der Waals surface area contributed by atoms with Crippen LogP contribution in [0.1, 0.15) is 32.6 Å². The highest BCUT2D eigenvalue weighted by molar-refractivity contribution is 5.78. The van der Waals surface area contributed by atoms with Gasteiger partial charge in [-0.25, -0.2) is 0 Å². The molecule has 1 heterocycles. The van der Waals surface area contributed by atoms with Gasteiger partial charge in [0.15, 0.2) is 0 Å². The molecule has 1 saturated heterocycles. The fourth-order valence-electron chi connectivity index (χ4n) is 1.87. The van der Waals surface area contributed by atoms with Gasteiger partial charge in [0, 0.05) is 19.5 Å². The molecule has 0 radical (unpaired) electrons. The van der Waals surface area contributed by atoms with Gasteiger partial charge in [-0.05, 0) is 32.7 Å². The Morgan fingerprint density at radius 3 is 2.38 bits per heavy atom. The predicted molar refractivity (Wildman–Crippen MR) is 59.8 cm³/mol. The van der Waals surface area contributed by atoms with Crippen molar-refractivity contribution < 1.29 is 14.7 Å². The maximum Gasteiger partial charge on any atom is 0.309 e. The first kappa shape index (κ1) is 13.0. The van der Waals surface area contributed by atoms with E-state index < -0.39 is 11.4 Å². The van der Waals surface area contributed by atoms with Gasteiger partial charge in [0.1, 0.15) is 0 Å². The molecule has 5 heteroatoms. The molecule has 0 aromatic carbocycles. The number of aliphatic carboxylic acids is 1. The number of carboxylic acids is 1. The summed E-state index contributed by atoms with van der Waals surface area (Å²) in [6, 6.07) is 0. The molecule has 1 rings (SSSR count). The third-order valence-electron chi connectivity index (χ3n) is 3.33. The van der Waals surface area contributed by atoms with Gasteiger partial charge >= 0.3 is 5.97 Å².